The molecule has 1 fully saturated rings. The van der Waals surface area contributed by atoms with Gasteiger partial charge in [-0.2, -0.15) is 0 Å². The zero-order valence-electron chi connectivity index (χ0n) is 12.3. The summed E-state index contributed by atoms with van der Waals surface area (Å²) in [6, 6.07) is 6.95. The third kappa shape index (κ3) is 3.61. The Morgan fingerprint density at radius 2 is 1.95 bits per heavy atom. The van der Waals surface area contributed by atoms with Crippen molar-refractivity contribution in [3.8, 4) is 0 Å². The van der Waals surface area contributed by atoms with E-state index in [1.807, 2.05) is 6.92 Å². The molecule has 0 aliphatic heterocycles. The van der Waals surface area contributed by atoms with Crippen LogP contribution in [0, 0.1) is 0 Å². The number of amides is 1. The number of hydrogen-bond donors (Lipinski definition) is 3. The molecule has 1 aromatic carbocycles. The monoisotopic (exact) mass is 290 g/mol. The molecule has 5 heteroatoms. The molecule has 1 saturated carbocycles. The molecule has 0 saturated heterocycles. The molecule has 0 heterocycles. The standard InChI is InChI=1S/C16H22N2O3/c1-2-3-12(17)10-14(19)18-13-6-4-11(5-7-13)16(8-9-16)15(20)21/h4-7,12H,2-3,8-10,17H2,1H3,(H,18,19)(H,20,21). The van der Waals surface area contributed by atoms with Crippen LogP contribution in [0.4, 0.5) is 5.69 Å². The van der Waals surface area contributed by atoms with Gasteiger partial charge >= 0.3 is 5.97 Å². The summed E-state index contributed by atoms with van der Waals surface area (Å²) in [6.07, 6.45) is 3.45. The molecule has 4 N–H and O–H groups in total. The highest BCUT2D eigenvalue weighted by Crippen LogP contribution is 2.48. The molecule has 0 radical (unpaired) electrons. The average Bonchev–Trinajstić information content (AvgIpc) is 3.21. The van der Waals surface area contributed by atoms with E-state index in [2.05, 4.69) is 5.32 Å². The Kier molecular flexibility index (Phi) is 4.63. The smallest absolute Gasteiger partial charge is 0.314 e. The van der Waals surface area contributed by atoms with Crippen molar-refractivity contribution in [2.45, 2.75) is 50.5 Å². The lowest BCUT2D eigenvalue weighted by atomic mass is 9.96. The maximum absolute atomic E-state index is 11.8. The third-order valence-electron chi connectivity index (χ3n) is 3.99. The van der Waals surface area contributed by atoms with E-state index in [4.69, 9.17) is 5.73 Å². The fourth-order valence-electron chi connectivity index (χ4n) is 2.55. The molecule has 21 heavy (non-hydrogen) atoms. The van der Waals surface area contributed by atoms with Crippen LogP contribution in [0.15, 0.2) is 24.3 Å². The highest BCUT2D eigenvalue weighted by molar-refractivity contribution is 5.91. The van der Waals surface area contributed by atoms with Gasteiger partial charge in [0.15, 0.2) is 0 Å². The Morgan fingerprint density at radius 3 is 2.43 bits per heavy atom. The minimum absolute atomic E-state index is 0.108. The van der Waals surface area contributed by atoms with E-state index in [0.717, 1.165) is 18.4 Å². The second kappa shape index (κ2) is 6.26. The predicted octanol–water partition coefficient (Wildman–Crippen LogP) is 2.26. The first kappa shape index (κ1) is 15.5. The Morgan fingerprint density at radius 1 is 1.33 bits per heavy atom. The SMILES string of the molecule is CCCC(N)CC(=O)Nc1ccc(C2(C(=O)O)CC2)cc1. The molecule has 0 aromatic heterocycles. The van der Waals surface area contributed by atoms with E-state index < -0.39 is 11.4 Å². The molecule has 1 aliphatic carbocycles. The Hall–Kier alpha value is -1.88. The molecular weight excluding hydrogens is 268 g/mol. The van der Waals surface area contributed by atoms with Gasteiger partial charge in [-0.25, -0.2) is 0 Å². The van der Waals surface area contributed by atoms with Crippen LogP contribution in [0.2, 0.25) is 0 Å². The van der Waals surface area contributed by atoms with Gasteiger partial charge in [-0.3, -0.25) is 9.59 Å². The summed E-state index contributed by atoms with van der Waals surface area (Å²) in [5.41, 5.74) is 6.61. The van der Waals surface area contributed by atoms with Gasteiger partial charge in [-0.05, 0) is 37.0 Å². The lowest BCUT2D eigenvalue weighted by molar-refractivity contribution is -0.140. The van der Waals surface area contributed by atoms with Gasteiger partial charge in [0.05, 0.1) is 5.41 Å². The number of rotatable bonds is 7. The molecule has 0 spiro atoms. The van der Waals surface area contributed by atoms with Crippen LogP contribution in [0.1, 0.15) is 44.6 Å². The van der Waals surface area contributed by atoms with E-state index >= 15 is 0 Å². The van der Waals surface area contributed by atoms with Crippen LogP contribution in [0.25, 0.3) is 0 Å². The summed E-state index contributed by atoms with van der Waals surface area (Å²) in [5.74, 6) is -0.882. The minimum atomic E-state index is -0.773. The molecular formula is C16H22N2O3. The van der Waals surface area contributed by atoms with Crippen molar-refractivity contribution in [3.63, 3.8) is 0 Å². The highest BCUT2D eigenvalue weighted by Gasteiger charge is 2.51. The molecule has 1 aliphatic rings. The van der Waals surface area contributed by atoms with E-state index in [1.165, 1.54) is 0 Å². The molecule has 1 aromatic rings. The van der Waals surface area contributed by atoms with Gasteiger partial charge in [-0.15, -0.1) is 0 Å². The second-order valence-electron chi connectivity index (χ2n) is 5.77. The van der Waals surface area contributed by atoms with Crippen LogP contribution < -0.4 is 11.1 Å². The van der Waals surface area contributed by atoms with Crippen LogP contribution in [-0.2, 0) is 15.0 Å². The summed E-state index contributed by atoms with van der Waals surface area (Å²) in [6.45, 7) is 2.03. The fourth-order valence-corrected chi connectivity index (χ4v) is 2.55. The van der Waals surface area contributed by atoms with Crippen LogP contribution in [0.3, 0.4) is 0 Å². The normalized spacial score (nSPS) is 17.0. The average molecular weight is 290 g/mol. The van der Waals surface area contributed by atoms with Gasteiger partial charge in [-0.1, -0.05) is 25.5 Å². The fraction of sp³-hybridized carbons (Fsp3) is 0.500. The van der Waals surface area contributed by atoms with Crippen LogP contribution >= 0.6 is 0 Å². The number of carboxylic acid groups (broad SMARTS) is 1. The van der Waals surface area contributed by atoms with E-state index in [0.29, 0.717) is 24.9 Å². The van der Waals surface area contributed by atoms with Gasteiger partial charge in [0.1, 0.15) is 0 Å². The summed E-state index contributed by atoms with van der Waals surface area (Å²) in [5, 5.41) is 12.0. The highest BCUT2D eigenvalue weighted by atomic mass is 16.4. The van der Waals surface area contributed by atoms with Crippen molar-refractivity contribution >= 4 is 17.6 Å². The number of carbonyl (C=O) groups excluding carboxylic acids is 1. The number of nitrogens with one attached hydrogen (secondary N) is 1. The minimum Gasteiger partial charge on any atom is -0.481 e. The second-order valence-corrected chi connectivity index (χ2v) is 5.77. The summed E-state index contributed by atoms with van der Waals surface area (Å²) in [4.78, 5) is 23.1. The number of benzene rings is 1. The Bertz CT molecular complexity index is 521. The van der Waals surface area contributed by atoms with Gasteiger partial charge in [0.25, 0.3) is 0 Å². The maximum atomic E-state index is 11.8. The summed E-state index contributed by atoms with van der Waals surface area (Å²) in [7, 11) is 0. The lowest BCUT2D eigenvalue weighted by Crippen LogP contribution is -2.26. The van der Waals surface area contributed by atoms with E-state index in [9.17, 15) is 14.7 Å². The van der Waals surface area contributed by atoms with Crippen LogP contribution in [0.5, 0.6) is 0 Å². The summed E-state index contributed by atoms with van der Waals surface area (Å²) >= 11 is 0. The van der Waals surface area contributed by atoms with E-state index in [1.54, 1.807) is 24.3 Å². The number of anilines is 1. The number of hydrogen-bond acceptors (Lipinski definition) is 3. The molecule has 1 atom stereocenters. The molecule has 2 rings (SSSR count). The number of aliphatic carboxylic acids is 1. The molecule has 114 valence electrons. The first-order valence-corrected chi connectivity index (χ1v) is 7.37. The van der Waals surface area contributed by atoms with Gasteiger partial charge in [0, 0.05) is 18.2 Å². The Balaban J connectivity index is 1.94. The Labute approximate surface area is 124 Å². The van der Waals surface area contributed by atoms with Crippen molar-refractivity contribution in [1.29, 1.82) is 0 Å². The topological polar surface area (TPSA) is 92.4 Å². The third-order valence-corrected chi connectivity index (χ3v) is 3.99. The first-order valence-electron chi connectivity index (χ1n) is 7.37. The number of carbonyl (C=O) groups is 2. The van der Waals surface area contributed by atoms with Crippen molar-refractivity contribution in [2.24, 2.45) is 5.73 Å². The van der Waals surface area contributed by atoms with Crippen molar-refractivity contribution in [2.75, 3.05) is 5.32 Å². The van der Waals surface area contributed by atoms with Gasteiger partial charge < -0.3 is 16.2 Å². The predicted molar refractivity (Wildman–Crippen MR) is 81.1 cm³/mol. The molecule has 1 unspecified atom stereocenters. The van der Waals surface area contributed by atoms with E-state index in [-0.39, 0.29) is 11.9 Å². The molecule has 1 amide bonds. The lowest BCUT2D eigenvalue weighted by Gasteiger charge is -2.13. The largest absolute Gasteiger partial charge is 0.481 e. The molecule has 5 nitrogen and oxygen atoms in total. The van der Waals surface area contributed by atoms with Crippen molar-refractivity contribution < 1.29 is 14.7 Å². The zero-order chi connectivity index (χ0) is 15.5. The van der Waals surface area contributed by atoms with Crippen LogP contribution in [-0.4, -0.2) is 23.0 Å². The maximum Gasteiger partial charge on any atom is 0.314 e. The number of nitrogens with two attached hydrogens (primary N) is 1. The zero-order valence-corrected chi connectivity index (χ0v) is 12.3. The quantitative estimate of drug-likeness (QED) is 0.718. The van der Waals surface area contributed by atoms with Gasteiger partial charge in [0.2, 0.25) is 5.91 Å². The first-order chi connectivity index (χ1) is 9.98. The van der Waals surface area contributed by atoms with Crippen molar-refractivity contribution in [3.05, 3.63) is 29.8 Å². The van der Waals surface area contributed by atoms with Crippen molar-refractivity contribution in [1.82, 2.24) is 0 Å². The molecule has 0 bridgehead atoms. The number of carboxylic acids is 1. The summed E-state index contributed by atoms with van der Waals surface area (Å²) < 4.78 is 0.